The van der Waals surface area contributed by atoms with Crippen LogP contribution in [-0.2, 0) is 6.54 Å². The molecule has 2 aromatic carbocycles. The number of aromatic nitrogens is 5. The minimum Gasteiger partial charge on any atom is -0.288 e. The molecule has 0 radical (unpaired) electrons. The average Bonchev–Trinajstić information content (AvgIpc) is 3.19. The summed E-state index contributed by atoms with van der Waals surface area (Å²) in [7, 11) is 0. The van der Waals surface area contributed by atoms with Gasteiger partial charge >= 0.3 is 0 Å². The molecule has 0 amide bonds. The minimum absolute atomic E-state index is 0.117. The van der Waals surface area contributed by atoms with Crippen LogP contribution < -0.4 is 5.56 Å². The van der Waals surface area contributed by atoms with Crippen LogP contribution in [0.5, 0.6) is 0 Å². The lowest BCUT2D eigenvalue weighted by atomic mass is 10.1. The van der Waals surface area contributed by atoms with Gasteiger partial charge in [-0.1, -0.05) is 42.5 Å². The molecule has 0 fully saturated rings. The van der Waals surface area contributed by atoms with E-state index in [-0.39, 0.29) is 5.56 Å². The Morgan fingerprint density at radius 3 is 2.24 bits per heavy atom. The van der Waals surface area contributed by atoms with E-state index in [9.17, 15) is 4.79 Å². The van der Waals surface area contributed by atoms with E-state index in [1.54, 1.807) is 24.8 Å². The molecular weight excluding hydrogens is 314 g/mol. The first-order chi connectivity index (χ1) is 12.3. The maximum absolute atomic E-state index is 12.1. The largest absolute Gasteiger partial charge is 0.288 e. The van der Waals surface area contributed by atoms with Crippen molar-refractivity contribution in [2.75, 3.05) is 0 Å². The molecular formula is C19H15N5O. The van der Waals surface area contributed by atoms with E-state index in [1.165, 1.54) is 4.68 Å². The van der Waals surface area contributed by atoms with Crippen LogP contribution in [0.2, 0.25) is 0 Å². The Morgan fingerprint density at radius 1 is 0.800 bits per heavy atom. The van der Waals surface area contributed by atoms with E-state index >= 15 is 0 Å². The quantitative estimate of drug-likeness (QED) is 0.577. The molecule has 4 rings (SSSR count). The summed E-state index contributed by atoms with van der Waals surface area (Å²) in [5.74, 6) is 0. The van der Waals surface area contributed by atoms with Crippen molar-refractivity contribution in [3.63, 3.8) is 0 Å². The van der Waals surface area contributed by atoms with E-state index in [1.807, 2.05) is 59.2 Å². The number of nitrogens with zero attached hydrogens (tertiary/aromatic N) is 5. The van der Waals surface area contributed by atoms with Gasteiger partial charge in [-0.15, -0.1) is 10.2 Å². The Labute approximate surface area is 144 Å². The summed E-state index contributed by atoms with van der Waals surface area (Å²) >= 11 is 0. The highest BCUT2D eigenvalue weighted by Gasteiger charge is 2.05. The van der Waals surface area contributed by atoms with Crippen LogP contribution in [0.3, 0.4) is 0 Å². The first-order valence-electron chi connectivity index (χ1n) is 7.87. The fourth-order valence-electron chi connectivity index (χ4n) is 2.61. The van der Waals surface area contributed by atoms with E-state index in [4.69, 9.17) is 0 Å². The first-order valence-corrected chi connectivity index (χ1v) is 7.87. The lowest BCUT2D eigenvalue weighted by Gasteiger charge is -2.08. The molecule has 0 atom stereocenters. The van der Waals surface area contributed by atoms with Gasteiger partial charge in [-0.3, -0.25) is 9.36 Å². The van der Waals surface area contributed by atoms with Gasteiger partial charge in [0.05, 0.1) is 12.2 Å². The van der Waals surface area contributed by atoms with Crippen molar-refractivity contribution in [2.24, 2.45) is 0 Å². The molecule has 25 heavy (non-hydrogen) atoms. The Hall–Kier alpha value is -3.54. The van der Waals surface area contributed by atoms with E-state index in [0.29, 0.717) is 6.54 Å². The predicted molar refractivity (Wildman–Crippen MR) is 94.4 cm³/mol. The zero-order chi connectivity index (χ0) is 17.1. The highest BCUT2D eigenvalue weighted by Crippen LogP contribution is 2.18. The van der Waals surface area contributed by atoms with Crippen molar-refractivity contribution >= 4 is 0 Å². The van der Waals surface area contributed by atoms with Gasteiger partial charge in [0.1, 0.15) is 12.7 Å². The molecule has 0 bridgehead atoms. The van der Waals surface area contributed by atoms with Crippen molar-refractivity contribution in [1.82, 2.24) is 24.5 Å². The van der Waals surface area contributed by atoms with Gasteiger partial charge in [-0.05, 0) is 23.8 Å². The molecule has 0 spiro atoms. The molecule has 0 N–H and O–H groups in total. The Morgan fingerprint density at radius 2 is 1.52 bits per heavy atom. The molecule has 0 aliphatic heterocycles. The van der Waals surface area contributed by atoms with Crippen LogP contribution >= 0.6 is 0 Å². The number of rotatable bonds is 4. The van der Waals surface area contributed by atoms with Crippen molar-refractivity contribution in [3.05, 3.63) is 95.3 Å². The summed E-state index contributed by atoms with van der Waals surface area (Å²) in [6.45, 7) is 0.451. The van der Waals surface area contributed by atoms with Gasteiger partial charge in [0, 0.05) is 17.3 Å². The zero-order valence-corrected chi connectivity index (χ0v) is 13.4. The molecule has 2 aromatic heterocycles. The van der Waals surface area contributed by atoms with Gasteiger partial charge in [-0.2, -0.15) is 5.10 Å². The van der Waals surface area contributed by atoms with Crippen LogP contribution in [0.25, 0.3) is 16.9 Å². The third-order valence-corrected chi connectivity index (χ3v) is 3.92. The van der Waals surface area contributed by atoms with E-state index in [2.05, 4.69) is 15.3 Å². The van der Waals surface area contributed by atoms with Crippen molar-refractivity contribution in [2.45, 2.75) is 6.54 Å². The van der Waals surface area contributed by atoms with Gasteiger partial charge in [0.25, 0.3) is 5.56 Å². The smallest absolute Gasteiger partial charge is 0.267 e. The fourth-order valence-corrected chi connectivity index (χ4v) is 2.61. The lowest BCUT2D eigenvalue weighted by Crippen LogP contribution is -2.22. The number of hydrogen-bond donors (Lipinski definition) is 0. The maximum Gasteiger partial charge on any atom is 0.267 e. The van der Waals surface area contributed by atoms with E-state index in [0.717, 1.165) is 22.5 Å². The van der Waals surface area contributed by atoms with Crippen molar-refractivity contribution < 1.29 is 0 Å². The maximum atomic E-state index is 12.1. The Kier molecular flexibility index (Phi) is 3.92. The van der Waals surface area contributed by atoms with Gasteiger partial charge in [-0.25, -0.2) is 4.68 Å². The summed E-state index contributed by atoms with van der Waals surface area (Å²) in [4.78, 5) is 12.1. The highest BCUT2D eigenvalue weighted by molar-refractivity contribution is 5.60. The van der Waals surface area contributed by atoms with Crippen LogP contribution in [0.4, 0.5) is 0 Å². The topological polar surface area (TPSA) is 65.6 Å². The summed E-state index contributed by atoms with van der Waals surface area (Å²) in [5.41, 5.74) is 3.58. The van der Waals surface area contributed by atoms with Gasteiger partial charge < -0.3 is 0 Å². The number of hydrogen-bond acceptors (Lipinski definition) is 4. The summed E-state index contributed by atoms with van der Waals surface area (Å²) in [6, 6.07) is 21.0. The van der Waals surface area contributed by atoms with Crippen LogP contribution in [-0.4, -0.2) is 24.5 Å². The molecule has 0 saturated heterocycles. The Balaban J connectivity index is 1.64. The molecule has 6 heteroatoms. The number of benzene rings is 2. The third kappa shape index (κ3) is 3.23. The fraction of sp³-hybridized carbons (Fsp3) is 0.0526. The molecule has 0 aliphatic carbocycles. The molecule has 4 aromatic rings. The van der Waals surface area contributed by atoms with Crippen LogP contribution in [0.1, 0.15) is 5.56 Å². The minimum atomic E-state index is -0.117. The van der Waals surface area contributed by atoms with Crippen molar-refractivity contribution in [3.8, 4) is 16.9 Å². The Bertz CT molecular complexity index is 1020. The van der Waals surface area contributed by atoms with E-state index < -0.39 is 0 Å². The standard InChI is InChI=1S/C19H15N5O/c25-19-11-10-18(22-24(19)12-15-4-2-1-3-5-15)16-6-8-17(9-7-16)23-13-20-21-14-23/h1-11,13-14H,12H2. The SMILES string of the molecule is O=c1ccc(-c2ccc(-n3cnnc3)cc2)nn1Cc1ccccc1. The normalized spacial score (nSPS) is 10.7. The van der Waals surface area contributed by atoms with Gasteiger partial charge in [0.2, 0.25) is 0 Å². The van der Waals surface area contributed by atoms with Crippen molar-refractivity contribution in [1.29, 1.82) is 0 Å². The summed E-state index contributed by atoms with van der Waals surface area (Å²) in [5, 5.41) is 12.1. The molecule has 2 heterocycles. The summed E-state index contributed by atoms with van der Waals surface area (Å²) < 4.78 is 3.31. The monoisotopic (exact) mass is 329 g/mol. The molecule has 0 unspecified atom stereocenters. The van der Waals surface area contributed by atoms with Crippen LogP contribution in [0, 0.1) is 0 Å². The zero-order valence-electron chi connectivity index (χ0n) is 13.4. The molecule has 122 valence electrons. The molecule has 0 saturated carbocycles. The first kappa shape index (κ1) is 15.0. The molecule has 6 nitrogen and oxygen atoms in total. The second kappa shape index (κ2) is 6.52. The third-order valence-electron chi connectivity index (χ3n) is 3.92. The lowest BCUT2D eigenvalue weighted by molar-refractivity contribution is 0.643. The average molecular weight is 329 g/mol. The van der Waals surface area contributed by atoms with Crippen LogP contribution in [0.15, 0.2) is 84.2 Å². The molecule has 0 aliphatic rings. The summed E-state index contributed by atoms with van der Waals surface area (Å²) in [6.07, 6.45) is 3.29. The second-order valence-corrected chi connectivity index (χ2v) is 5.62. The van der Waals surface area contributed by atoms with Gasteiger partial charge in [0.15, 0.2) is 0 Å². The second-order valence-electron chi connectivity index (χ2n) is 5.62. The predicted octanol–water partition coefficient (Wildman–Crippen LogP) is 2.54. The highest BCUT2D eigenvalue weighted by atomic mass is 16.1.